The molecule has 0 bridgehead atoms. The van der Waals surface area contributed by atoms with Crippen LogP contribution in [0.1, 0.15) is 170 Å². The van der Waals surface area contributed by atoms with Crippen molar-refractivity contribution in [1.82, 2.24) is 14.7 Å². The largest absolute Gasteiger partial charge is 0.497 e. The maximum atomic E-state index is 5.22. The van der Waals surface area contributed by atoms with Crippen molar-refractivity contribution in [2.45, 2.75) is 169 Å². The Morgan fingerprint density at radius 1 is 0.484 bits per heavy atom. The Kier molecular flexibility index (Phi) is 31.6. The van der Waals surface area contributed by atoms with Gasteiger partial charge >= 0.3 is 0 Å². The molecule has 1 aliphatic carbocycles. The molecule has 364 valence electrons. The molecule has 0 aliphatic heterocycles. The van der Waals surface area contributed by atoms with Gasteiger partial charge in [-0.3, -0.25) is 0 Å². The molecule has 0 radical (unpaired) electrons. The first kappa shape index (κ1) is 62.6. The van der Waals surface area contributed by atoms with Gasteiger partial charge in [-0.05, 0) is 127 Å². The predicted molar refractivity (Wildman–Crippen MR) is 290 cm³/mol. The highest BCUT2D eigenvalue weighted by Crippen LogP contribution is 2.42. The van der Waals surface area contributed by atoms with Gasteiger partial charge in [-0.15, -0.1) is 0 Å². The second-order valence-corrected chi connectivity index (χ2v) is 19.4. The average molecular weight is 883 g/mol. The number of methoxy groups -OCH3 is 1. The number of likely N-dealkylation sites (N-methyl/N-ethyl adjacent to an activating group) is 3. The highest BCUT2D eigenvalue weighted by Gasteiger charge is 2.33. The maximum Gasteiger partial charge on any atom is 0.118 e. The predicted octanol–water partition coefficient (Wildman–Crippen LogP) is 16.1. The topological polar surface area (TPSA) is 19.0 Å². The van der Waals surface area contributed by atoms with Crippen LogP contribution < -0.4 is 4.74 Å². The SMILES string of the molecule is C.C.C.CCC(CC)(CN(C)C)c1ccccc1.CCC1(c2ccc(OC)cc2)CCCCC1.CCCC(CCC)(CN(C)C)c1ccccc1.CN(C)CC(C)(C)c1ccccc1. The van der Waals surface area contributed by atoms with Crippen LogP contribution in [0.3, 0.4) is 0 Å². The summed E-state index contributed by atoms with van der Waals surface area (Å²) in [7, 11) is 14.6. The van der Waals surface area contributed by atoms with Crippen LogP contribution in [-0.4, -0.2) is 83.7 Å². The van der Waals surface area contributed by atoms with Gasteiger partial charge < -0.3 is 19.4 Å². The Morgan fingerprint density at radius 2 is 0.859 bits per heavy atom. The fourth-order valence-corrected chi connectivity index (χ4v) is 10.2. The molecule has 64 heavy (non-hydrogen) atoms. The van der Waals surface area contributed by atoms with Crippen LogP contribution >= 0.6 is 0 Å². The molecule has 1 saturated carbocycles. The summed E-state index contributed by atoms with van der Waals surface area (Å²) in [5.41, 5.74) is 7.26. The number of nitrogens with zero attached hydrogens (tertiary/aromatic N) is 3. The molecule has 4 aromatic rings. The lowest BCUT2D eigenvalue weighted by Gasteiger charge is -2.37. The lowest BCUT2D eigenvalue weighted by molar-refractivity contribution is 0.247. The Labute approximate surface area is 399 Å². The van der Waals surface area contributed by atoms with Crippen LogP contribution in [-0.2, 0) is 21.7 Å². The van der Waals surface area contributed by atoms with E-state index >= 15 is 0 Å². The van der Waals surface area contributed by atoms with Crippen LogP contribution in [0.5, 0.6) is 5.75 Å². The molecular formula is C60H103N3O. The van der Waals surface area contributed by atoms with Gasteiger partial charge in [0.25, 0.3) is 0 Å². The standard InChI is InChI=1S/C16H27N.C15H22O.C14H23N.C12H19N.3CH4/c1-5-12-16(13-6-2,14-17(3)4)15-10-8-7-9-11-15;1-3-15(11-5-4-6-12-15)13-7-9-14(16-2)10-8-13;1-5-14(6-2,12-15(3)4)13-10-8-7-9-11-13;1-12(2,10-13(3)4)11-8-6-5-7-9-11;;;/h7-11H,5-6,12-14H2,1-4H3;7-10H,3-6,11-12H2,1-2H3;7-11H,5-6,12H2,1-4H3;5-9H,10H2,1-4H3;3*1H4. The molecule has 4 nitrogen and oxygen atoms in total. The van der Waals surface area contributed by atoms with Gasteiger partial charge in [0.2, 0.25) is 0 Å². The van der Waals surface area contributed by atoms with Crippen molar-refractivity contribution in [2.24, 2.45) is 0 Å². The highest BCUT2D eigenvalue weighted by molar-refractivity contribution is 5.33. The van der Waals surface area contributed by atoms with E-state index in [1.54, 1.807) is 7.11 Å². The van der Waals surface area contributed by atoms with E-state index in [-0.39, 0.29) is 27.7 Å². The molecule has 0 heterocycles. The molecule has 1 aliphatic rings. The third kappa shape index (κ3) is 20.0. The van der Waals surface area contributed by atoms with Gasteiger partial charge in [0, 0.05) is 35.9 Å². The summed E-state index contributed by atoms with van der Waals surface area (Å²) in [5, 5.41) is 0. The summed E-state index contributed by atoms with van der Waals surface area (Å²) in [6.45, 7) is 19.4. The van der Waals surface area contributed by atoms with E-state index in [1.807, 2.05) is 0 Å². The number of benzene rings is 4. The van der Waals surface area contributed by atoms with Crippen molar-refractivity contribution in [3.63, 3.8) is 0 Å². The Morgan fingerprint density at radius 3 is 1.20 bits per heavy atom. The third-order valence-electron chi connectivity index (χ3n) is 13.3. The Hall–Kier alpha value is -3.44. The average Bonchev–Trinajstić information content (AvgIpc) is 3.27. The molecule has 0 N–H and O–H groups in total. The van der Waals surface area contributed by atoms with Crippen molar-refractivity contribution in [3.8, 4) is 5.75 Å². The molecule has 4 heteroatoms. The second-order valence-electron chi connectivity index (χ2n) is 19.4. The number of hydrogen-bond acceptors (Lipinski definition) is 4. The van der Waals surface area contributed by atoms with E-state index in [2.05, 4.69) is 221 Å². The van der Waals surface area contributed by atoms with E-state index in [0.29, 0.717) is 16.2 Å². The van der Waals surface area contributed by atoms with Gasteiger partial charge in [-0.25, -0.2) is 0 Å². The Bertz CT molecular complexity index is 1650. The summed E-state index contributed by atoms with van der Waals surface area (Å²) < 4.78 is 5.22. The molecule has 0 amide bonds. The van der Waals surface area contributed by atoms with Crippen molar-refractivity contribution in [2.75, 3.05) is 69.0 Å². The van der Waals surface area contributed by atoms with Crippen LogP contribution in [0.2, 0.25) is 0 Å². The molecule has 5 rings (SSSR count). The van der Waals surface area contributed by atoms with Crippen LogP contribution in [0, 0.1) is 0 Å². The van der Waals surface area contributed by atoms with Gasteiger partial charge in [0.15, 0.2) is 0 Å². The first-order chi connectivity index (χ1) is 29.1. The van der Waals surface area contributed by atoms with Crippen molar-refractivity contribution in [1.29, 1.82) is 0 Å². The van der Waals surface area contributed by atoms with Crippen LogP contribution in [0.4, 0.5) is 0 Å². The summed E-state index contributed by atoms with van der Waals surface area (Å²) >= 11 is 0. The molecule has 4 aromatic carbocycles. The summed E-state index contributed by atoms with van der Waals surface area (Å²) in [4.78, 5) is 6.85. The fraction of sp³-hybridized carbons (Fsp3) is 0.600. The van der Waals surface area contributed by atoms with E-state index in [1.165, 1.54) is 99.3 Å². The van der Waals surface area contributed by atoms with Crippen molar-refractivity contribution in [3.05, 3.63) is 138 Å². The summed E-state index contributed by atoms with van der Waals surface area (Å²) in [6.07, 6.45) is 15.6. The normalized spacial score (nSPS) is 13.3. The smallest absolute Gasteiger partial charge is 0.118 e. The zero-order chi connectivity index (χ0) is 45.4. The first-order valence-corrected chi connectivity index (χ1v) is 23.9. The third-order valence-corrected chi connectivity index (χ3v) is 13.3. The van der Waals surface area contributed by atoms with Gasteiger partial charge in [-0.2, -0.15) is 0 Å². The van der Waals surface area contributed by atoms with E-state index in [4.69, 9.17) is 4.74 Å². The lowest BCUT2D eigenvalue weighted by atomic mass is 9.68. The minimum Gasteiger partial charge on any atom is -0.497 e. The minimum absolute atomic E-state index is 0. The van der Waals surface area contributed by atoms with E-state index in [0.717, 1.165) is 25.4 Å². The zero-order valence-corrected chi connectivity index (χ0v) is 41.8. The maximum absolute atomic E-state index is 5.22. The summed E-state index contributed by atoms with van der Waals surface area (Å²) in [6, 6.07) is 41.3. The quantitative estimate of drug-likeness (QED) is 0.0991. The minimum atomic E-state index is 0. The molecule has 0 saturated heterocycles. The van der Waals surface area contributed by atoms with E-state index in [9.17, 15) is 0 Å². The fourth-order valence-electron chi connectivity index (χ4n) is 10.2. The zero-order valence-electron chi connectivity index (χ0n) is 41.8. The van der Waals surface area contributed by atoms with Gasteiger partial charge in [0.05, 0.1) is 7.11 Å². The lowest BCUT2D eigenvalue weighted by Crippen LogP contribution is -2.37. The molecule has 0 aromatic heterocycles. The number of ether oxygens (including phenoxy) is 1. The molecule has 0 spiro atoms. The van der Waals surface area contributed by atoms with Gasteiger partial charge in [0.1, 0.15) is 5.75 Å². The number of rotatable bonds is 18. The number of hydrogen-bond donors (Lipinski definition) is 0. The monoisotopic (exact) mass is 882 g/mol. The van der Waals surface area contributed by atoms with E-state index < -0.39 is 0 Å². The molecule has 0 atom stereocenters. The van der Waals surface area contributed by atoms with Crippen LogP contribution in [0.15, 0.2) is 115 Å². The molecule has 1 fully saturated rings. The van der Waals surface area contributed by atoms with Gasteiger partial charge in [-0.1, -0.05) is 206 Å². The van der Waals surface area contributed by atoms with Crippen LogP contribution in [0.25, 0.3) is 0 Å². The van der Waals surface area contributed by atoms with Crippen molar-refractivity contribution < 1.29 is 4.74 Å². The second kappa shape index (κ2) is 32.3. The van der Waals surface area contributed by atoms with Crippen molar-refractivity contribution >= 4 is 0 Å². The molecule has 0 unspecified atom stereocenters. The molecular weight excluding hydrogens is 779 g/mol. The summed E-state index contributed by atoms with van der Waals surface area (Å²) in [5.74, 6) is 0.964. The first-order valence-electron chi connectivity index (χ1n) is 23.9. The highest BCUT2D eigenvalue weighted by atomic mass is 16.5. The Balaban J connectivity index is 0.